The summed E-state index contributed by atoms with van der Waals surface area (Å²) < 4.78 is 0. The van der Waals surface area contributed by atoms with E-state index in [-0.39, 0.29) is 0 Å². The van der Waals surface area contributed by atoms with Crippen LogP contribution in [0.4, 0.5) is 5.82 Å². The van der Waals surface area contributed by atoms with E-state index in [2.05, 4.69) is 28.3 Å². The van der Waals surface area contributed by atoms with Crippen LogP contribution in [0.3, 0.4) is 0 Å². The van der Waals surface area contributed by atoms with Crippen molar-refractivity contribution in [3.63, 3.8) is 0 Å². The van der Waals surface area contributed by atoms with Crippen LogP contribution in [0.1, 0.15) is 25.6 Å². The Morgan fingerprint density at radius 2 is 2.21 bits per heavy atom. The van der Waals surface area contributed by atoms with Gasteiger partial charge in [-0.3, -0.25) is 4.79 Å². The molecule has 19 heavy (non-hydrogen) atoms. The van der Waals surface area contributed by atoms with Crippen molar-refractivity contribution in [3.8, 4) is 0 Å². The number of fused-ring (bicyclic) bond motifs is 1. The second kappa shape index (κ2) is 5.13. The first-order valence-corrected chi connectivity index (χ1v) is 6.96. The molecule has 0 unspecified atom stereocenters. The third kappa shape index (κ3) is 2.84. The first-order chi connectivity index (χ1) is 8.94. The Balaban J connectivity index is 2.26. The number of hydrogen-bond acceptors (Lipinski definition) is 5. The van der Waals surface area contributed by atoms with Gasteiger partial charge >= 0.3 is 5.97 Å². The molecule has 2 aromatic rings. The number of nitrogens with one attached hydrogen (secondary N) is 1. The molecule has 0 aliphatic rings. The summed E-state index contributed by atoms with van der Waals surface area (Å²) in [5, 5.41) is 13.2. The number of hydrogen-bond donors (Lipinski definition) is 2. The van der Waals surface area contributed by atoms with E-state index in [9.17, 15) is 4.79 Å². The van der Waals surface area contributed by atoms with Gasteiger partial charge in [0, 0.05) is 11.4 Å². The lowest BCUT2D eigenvalue weighted by molar-refractivity contribution is -0.146. The van der Waals surface area contributed by atoms with Gasteiger partial charge < -0.3 is 10.4 Å². The molecular weight excluding hydrogens is 262 g/mol. The highest BCUT2D eigenvalue weighted by Gasteiger charge is 2.27. The van der Waals surface area contributed by atoms with Gasteiger partial charge in [0.25, 0.3) is 0 Å². The number of rotatable bonds is 5. The zero-order valence-corrected chi connectivity index (χ0v) is 12.0. The van der Waals surface area contributed by atoms with Crippen molar-refractivity contribution in [1.29, 1.82) is 0 Å². The summed E-state index contributed by atoms with van der Waals surface area (Å²) in [7, 11) is 0. The van der Waals surface area contributed by atoms with Crippen LogP contribution < -0.4 is 5.32 Å². The summed E-state index contributed by atoms with van der Waals surface area (Å²) in [5.74, 6) is -0.125. The molecule has 0 bridgehead atoms. The number of aliphatic carboxylic acids is 1. The normalized spacial score (nSPS) is 11.7. The zero-order chi connectivity index (χ0) is 14.0. The van der Waals surface area contributed by atoms with Crippen LogP contribution in [-0.2, 0) is 11.2 Å². The van der Waals surface area contributed by atoms with E-state index < -0.39 is 11.4 Å². The number of anilines is 1. The van der Waals surface area contributed by atoms with Gasteiger partial charge in [-0.25, -0.2) is 9.97 Å². The molecule has 0 saturated heterocycles. The predicted molar refractivity (Wildman–Crippen MR) is 76.7 cm³/mol. The van der Waals surface area contributed by atoms with E-state index in [4.69, 9.17) is 5.11 Å². The molecule has 2 heterocycles. The molecule has 0 saturated carbocycles. The van der Waals surface area contributed by atoms with Crippen molar-refractivity contribution in [1.82, 2.24) is 9.97 Å². The van der Waals surface area contributed by atoms with Crippen molar-refractivity contribution >= 4 is 33.3 Å². The van der Waals surface area contributed by atoms with E-state index in [1.54, 1.807) is 25.2 Å². The molecule has 5 nitrogen and oxygen atoms in total. The molecule has 0 amide bonds. The van der Waals surface area contributed by atoms with Gasteiger partial charge in [0.15, 0.2) is 0 Å². The van der Waals surface area contributed by atoms with Crippen LogP contribution in [0.5, 0.6) is 0 Å². The molecule has 6 heteroatoms. The Hall–Kier alpha value is -1.69. The molecule has 0 aliphatic carbocycles. The van der Waals surface area contributed by atoms with Crippen LogP contribution in [0.25, 0.3) is 10.2 Å². The minimum atomic E-state index is -0.832. The predicted octanol–water partition coefficient (Wildman–Crippen LogP) is 2.78. The molecule has 0 aliphatic heterocycles. The molecule has 2 N–H and O–H groups in total. The minimum Gasteiger partial charge on any atom is -0.481 e. The highest BCUT2D eigenvalue weighted by atomic mass is 32.1. The van der Waals surface area contributed by atoms with Crippen LogP contribution in [0, 0.1) is 5.41 Å². The van der Waals surface area contributed by atoms with Gasteiger partial charge in [-0.1, -0.05) is 6.92 Å². The molecule has 0 spiro atoms. The monoisotopic (exact) mass is 279 g/mol. The fourth-order valence-electron chi connectivity index (χ4n) is 1.60. The molecule has 0 atom stereocenters. The van der Waals surface area contributed by atoms with Gasteiger partial charge in [-0.05, 0) is 26.3 Å². The number of aromatic nitrogens is 2. The average molecular weight is 279 g/mol. The summed E-state index contributed by atoms with van der Waals surface area (Å²) in [4.78, 5) is 21.7. The molecule has 102 valence electrons. The van der Waals surface area contributed by atoms with Gasteiger partial charge in [0.2, 0.25) is 0 Å². The van der Waals surface area contributed by atoms with Crippen LogP contribution in [-0.4, -0.2) is 27.6 Å². The van der Waals surface area contributed by atoms with Crippen LogP contribution >= 0.6 is 11.3 Å². The number of nitrogens with zero attached hydrogens (tertiary/aromatic N) is 2. The topological polar surface area (TPSA) is 75.1 Å². The highest BCUT2D eigenvalue weighted by Crippen LogP contribution is 2.29. The standard InChI is InChI=1S/C13H17N3O2S/c1-4-8-5-9-10(15-7-16-11(9)19-8)14-6-13(2,3)12(17)18/h5,7H,4,6H2,1-3H3,(H,17,18)(H,14,15,16). The van der Waals surface area contributed by atoms with Crippen molar-refractivity contribution < 1.29 is 9.90 Å². The maximum atomic E-state index is 11.1. The molecule has 2 rings (SSSR count). The van der Waals surface area contributed by atoms with Crippen LogP contribution in [0.15, 0.2) is 12.4 Å². The maximum absolute atomic E-state index is 11.1. The number of aryl methyl sites for hydroxylation is 1. The Labute approximate surface area is 115 Å². The quantitative estimate of drug-likeness (QED) is 0.880. The van der Waals surface area contributed by atoms with Gasteiger partial charge in [0.1, 0.15) is 17.0 Å². The molecule has 0 radical (unpaired) electrons. The van der Waals surface area contributed by atoms with Gasteiger partial charge in [-0.15, -0.1) is 11.3 Å². The molecule has 0 fully saturated rings. The summed E-state index contributed by atoms with van der Waals surface area (Å²) >= 11 is 1.64. The third-order valence-electron chi connectivity index (χ3n) is 3.01. The Morgan fingerprint density at radius 3 is 2.84 bits per heavy atom. The molecule has 0 aromatic carbocycles. The minimum absolute atomic E-state index is 0.325. The summed E-state index contributed by atoms with van der Waals surface area (Å²) in [6, 6.07) is 2.07. The van der Waals surface area contributed by atoms with Crippen LogP contribution in [0.2, 0.25) is 0 Å². The first kappa shape index (κ1) is 13.7. The third-order valence-corrected chi connectivity index (χ3v) is 4.19. The van der Waals surface area contributed by atoms with E-state index >= 15 is 0 Å². The summed E-state index contributed by atoms with van der Waals surface area (Å²) in [5.41, 5.74) is -0.832. The van der Waals surface area contributed by atoms with E-state index in [0.717, 1.165) is 16.6 Å². The maximum Gasteiger partial charge on any atom is 0.310 e. The second-order valence-corrected chi connectivity index (χ2v) is 6.17. The SMILES string of the molecule is CCc1cc2c(NCC(C)(C)C(=O)O)ncnc2s1. The Bertz CT molecular complexity index is 607. The summed E-state index contributed by atoms with van der Waals surface area (Å²) in [6.45, 7) is 5.79. The lowest BCUT2D eigenvalue weighted by Crippen LogP contribution is -2.32. The Kier molecular flexibility index (Phi) is 3.71. The second-order valence-electron chi connectivity index (χ2n) is 5.05. The highest BCUT2D eigenvalue weighted by molar-refractivity contribution is 7.18. The average Bonchev–Trinajstić information content (AvgIpc) is 2.79. The fourth-order valence-corrected chi connectivity index (χ4v) is 2.54. The first-order valence-electron chi connectivity index (χ1n) is 6.14. The van der Waals surface area contributed by atoms with E-state index in [1.165, 1.54) is 11.2 Å². The van der Waals surface area contributed by atoms with Crippen molar-refractivity contribution in [3.05, 3.63) is 17.3 Å². The van der Waals surface area contributed by atoms with E-state index in [0.29, 0.717) is 12.4 Å². The number of carbonyl (C=O) groups is 1. The number of carboxylic acids is 1. The number of thiophene rings is 1. The Morgan fingerprint density at radius 1 is 1.47 bits per heavy atom. The fraction of sp³-hybridized carbons (Fsp3) is 0.462. The lowest BCUT2D eigenvalue weighted by atomic mass is 9.94. The summed E-state index contributed by atoms with van der Waals surface area (Å²) in [6.07, 6.45) is 2.47. The smallest absolute Gasteiger partial charge is 0.310 e. The van der Waals surface area contributed by atoms with Crippen molar-refractivity contribution in [2.45, 2.75) is 27.2 Å². The number of carboxylic acid groups (broad SMARTS) is 1. The van der Waals surface area contributed by atoms with E-state index in [1.807, 2.05) is 0 Å². The van der Waals surface area contributed by atoms with Gasteiger partial charge in [0.05, 0.1) is 10.8 Å². The zero-order valence-electron chi connectivity index (χ0n) is 11.2. The largest absolute Gasteiger partial charge is 0.481 e. The molecule has 2 aromatic heterocycles. The molecular formula is C13H17N3O2S. The van der Waals surface area contributed by atoms with Crippen molar-refractivity contribution in [2.24, 2.45) is 5.41 Å². The van der Waals surface area contributed by atoms with Gasteiger partial charge in [-0.2, -0.15) is 0 Å². The van der Waals surface area contributed by atoms with Crippen molar-refractivity contribution in [2.75, 3.05) is 11.9 Å². The lowest BCUT2D eigenvalue weighted by Gasteiger charge is -2.19.